The summed E-state index contributed by atoms with van der Waals surface area (Å²) in [6, 6.07) is -0.509. The van der Waals surface area contributed by atoms with Crippen LogP contribution in [0.2, 0.25) is 0 Å². The normalized spacial score (nSPS) is 17.5. The molecule has 0 amide bonds. The molecule has 0 aromatic heterocycles. The van der Waals surface area contributed by atoms with Crippen LogP contribution in [0.1, 0.15) is 46.5 Å². The zero-order chi connectivity index (χ0) is 12.6. The van der Waals surface area contributed by atoms with Crippen LogP contribution in [0.5, 0.6) is 0 Å². The highest BCUT2D eigenvalue weighted by atomic mass is 14.7. The van der Waals surface area contributed by atoms with Crippen molar-refractivity contribution in [3.05, 3.63) is 0 Å². The molecule has 0 bridgehead atoms. The lowest BCUT2D eigenvalue weighted by Crippen LogP contribution is -2.41. The zero-order valence-electron chi connectivity index (χ0n) is 10.7. The summed E-state index contributed by atoms with van der Waals surface area (Å²) in [5.74, 6) is 8.54. The maximum absolute atomic E-state index is 6.15. The first kappa shape index (κ1) is 15.0. The summed E-state index contributed by atoms with van der Waals surface area (Å²) in [6.07, 6.45) is 9.93. The van der Waals surface area contributed by atoms with E-state index < -0.39 is 11.6 Å². The van der Waals surface area contributed by atoms with Crippen molar-refractivity contribution in [2.75, 3.05) is 0 Å². The second-order valence-electron chi connectivity index (χ2n) is 4.59. The first-order valence-corrected chi connectivity index (χ1v) is 5.97. The van der Waals surface area contributed by atoms with Crippen molar-refractivity contribution in [1.82, 2.24) is 0 Å². The SMILES string of the molecule is C#CC(N)C#CC(C)(N)[C@H](C)CCCCC. The Morgan fingerprint density at radius 1 is 1.38 bits per heavy atom. The lowest BCUT2D eigenvalue weighted by molar-refractivity contribution is 0.363. The second-order valence-corrected chi connectivity index (χ2v) is 4.59. The highest BCUT2D eigenvalue weighted by Gasteiger charge is 2.23. The number of terminal acetylenes is 1. The first-order chi connectivity index (χ1) is 7.44. The largest absolute Gasteiger partial charge is 0.315 e. The van der Waals surface area contributed by atoms with Crippen LogP contribution in [0.15, 0.2) is 0 Å². The molecule has 2 unspecified atom stereocenters. The molecule has 0 saturated carbocycles. The Kier molecular flexibility index (Phi) is 6.90. The van der Waals surface area contributed by atoms with Gasteiger partial charge >= 0.3 is 0 Å². The number of hydrogen-bond donors (Lipinski definition) is 2. The van der Waals surface area contributed by atoms with Gasteiger partial charge in [0.2, 0.25) is 0 Å². The minimum Gasteiger partial charge on any atom is -0.315 e. The minimum atomic E-state index is -0.509. The van der Waals surface area contributed by atoms with Gasteiger partial charge in [0.25, 0.3) is 0 Å². The summed E-state index contributed by atoms with van der Waals surface area (Å²) in [5.41, 5.74) is 11.2. The maximum atomic E-state index is 6.15. The van der Waals surface area contributed by atoms with Gasteiger partial charge in [0.15, 0.2) is 0 Å². The van der Waals surface area contributed by atoms with E-state index in [1.807, 2.05) is 6.92 Å². The molecule has 0 aromatic rings. The molecule has 0 spiro atoms. The average molecular weight is 220 g/mol. The van der Waals surface area contributed by atoms with E-state index >= 15 is 0 Å². The molecular formula is C14H24N2. The van der Waals surface area contributed by atoms with Crippen LogP contribution in [0.3, 0.4) is 0 Å². The van der Waals surface area contributed by atoms with E-state index in [2.05, 4.69) is 31.6 Å². The van der Waals surface area contributed by atoms with Gasteiger partial charge in [-0.3, -0.25) is 0 Å². The van der Waals surface area contributed by atoms with Crippen LogP contribution in [0.25, 0.3) is 0 Å². The van der Waals surface area contributed by atoms with Crippen molar-refractivity contribution in [2.24, 2.45) is 17.4 Å². The third-order valence-corrected chi connectivity index (χ3v) is 2.94. The van der Waals surface area contributed by atoms with Gasteiger partial charge < -0.3 is 11.5 Å². The van der Waals surface area contributed by atoms with Crippen molar-refractivity contribution < 1.29 is 0 Å². The van der Waals surface area contributed by atoms with Crippen LogP contribution >= 0.6 is 0 Å². The van der Waals surface area contributed by atoms with Crippen molar-refractivity contribution in [2.45, 2.75) is 58.0 Å². The van der Waals surface area contributed by atoms with E-state index in [1.165, 1.54) is 19.3 Å². The Hall–Kier alpha value is -0.960. The highest BCUT2D eigenvalue weighted by molar-refractivity contribution is 5.25. The van der Waals surface area contributed by atoms with E-state index in [0.717, 1.165) is 6.42 Å². The maximum Gasteiger partial charge on any atom is 0.128 e. The van der Waals surface area contributed by atoms with Crippen molar-refractivity contribution in [3.8, 4) is 24.2 Å². The van der Waals surface area contributed by atoms with Crippen molar-refractivity contribution in [3.63, 3.8) is 0 Å². The Morgan fingerprint density at radius 3 is 2.50 bits per heavy atom. The molecule has 2 heteroatoms. The van der Waals surface area contributed by atoms with Gasteiger partial charge in [-0.2, -0.15) is 0 Å². The van der Waals surface area contributed by atoms with Crippen LogP contribution in [0.4, 0.5) is 0 Å². The van der Waals surface area contributed by atoms with Gasteiger partial charge in [-0.25, -0.2) is 0 Å². The van der Waals surface area contributed by atoms with Crippen LogP contribution in [0, 0.1) is 30.1 Å². The topological polar surface area (TPSA) is 52.0 Å². The van der Waals surface area contributed by atoms with Gasteiger partial charge in [0, 0.05) is 0 Å². The molecule has 3 atom stereocenters. The molecule has 0 radical (unpaired) electrons. The number of hydrogen-bond acceptors (Lipinski definition) is 2. The predicted octanol–water partition coefficient (Wildman–Crippen LogP) is 1.88. The Labute approximate surface area is 100 Å². The molecule has 2 nitrogen and oxygen atoms in total. The lowest BCUT2D eigenvalue weighted by atomic mass is 9.84. The summed E-state index contributed by atoms with van der Waals surface area (Å²) in [7, 11) is 0. The van der Waals surface area contributed by atoms with Gasteiger partial charge in [0.05, 0.1) is 5.54 Å². The number of rotatable bonds is 5. The molecule has 0 fully saturated rings. The van der Waals surface area contributed by atoms with E-state index in [1.54, 1.807) is 0 Å². The number of unbranched alkanes of at least 4 members (excludes halogenated alkanes) is 2. The van der Waals surface area contributed by atoms with Gasteiger partial charge in [-0.05, 0) is 19.3 Å². The van der Waals surface area contributed by atoms with E-state index in [0.29, 0.717) is 5.92 Å². The third kappa shape index (κ3) is 5.81. The number of nitrogens with two attached hydrogens (primary N) is 2. The molecule has 0 aromatic carbocycles. The predicted molar refractivity (Wildman–Crippen MR) is 70.5 cm³/mol. The summed E-state index contributed by atoms with van der Waals surface area (Å²) >= 11 is 0. The van der Waals surface area contributed by atoms with Gasteiger partial charge in [-0.15, -0.1) is 6.42 Å². The fourth-order valence-corrected chi connectivity index (χ4v) is 1.40. The summed E-state index contributed by atoms with van der Waals surface area (Å²) < 4.78 is 0. The van der Waals surface area contributed by atoms with E-state index in [4.69, 9.17) is 17.9 Å². The monoisotopic (exact) mass is 220 g/mol. The first-order valence-electron chi connectivity index (χ1n) is 5.97. The lowest BCUT2D eigenvalue weighted by Gasteiger charge is -2.26. The van der Waals surface area contributed by atoms with Crippen LogP contribution in [-0.2, 0) is 0 Å². The van der Waals surface area contributed by atoms with Crippen molar-refractivity contribution in [1.29, 1.82) is 0 Å². The summed E-state index contributed by atoms with van der Waals surface area (Å²) in [4.78, 5) is 0. The smallest absolute Gasteiger partial charge is 0.128 e. The zero-order valence-corrected chi connectivity index (χ0v) is 10.7. The molecule has 16 heavy (non-hydrogen) atoms. The second kappa shape index (κ2) is 7.34. The Morgan fingerprint density at radius 2 is 2.00 bits per heavy atom. The molecule has 0 aliphatic carbocycles. The minimum absolute atomic E-state index is 0.358. The average Bonchev–Trinajstić information content (AvgIpc) is 2.26. The summed E-state index contributed by atoms with van der Waals surface area (Å²) in [6.45, 7) is 6.27. The summed E-state index contributed by atoms with van der Waals surface area (Å²) in [5, 5.41) is 0. The van der Waals surface area contributed by atoms with Crippen molar-refractivity contribution >= 4 is 0 Å². The molecule has 0 heterocycles. The third-order valence-electron chi connectivity index (χ3n) is 2.94. The highest BCUT2D eigenvalue weighted by Crippen LogP contribution is 2.19. The molecule has 4 N–H and O–H groups in total. The fraction of sp³-hybridized carbons (Fsp3) is 0.714. The molecule has 90 valence electrons. The molecule has 0 aliphatic heterocycles. The Balaban J connectivity index is 4.29. The standard InChI is InChI=1S/C14H24N2/c1-5-7-8-9-12(3)14(4,16)11-10-13(15)6-2/h2,12-13H,5,7-9,15-16H2,1,3-4H3/t12-,13?,14?/m1/s1. The molecule has 0 saturated heterocycles. The Bertz CT molecular complexity index is 288. The van der Waals surface area contributed by atoms with E-state index in [-0.39, 0.29) is 0 Å². The van der Waals surface area contributed by atoms with Gasteiger partial charge in [0.1, 0.15) is 6.04 Å². The van der Waals surface area contributed by atoms with Gasteiger partial charge in [-0.1, -0.05) is 50.9 Å². The fourth-order valence-electron chi connectivity index (χ4n) is 1.40. The molecular weight excluding hydrogens is 196 g/mol. The van der Waals surface area contributed by atoms with Crippen LogP contribution < -0.4 is 11.5 Å². The van der Waals surface area contributed by atoms with Crippen LogP contribution in [-0.4, -0.2) is 11.6 Å². The molecule has 0 aliphatic rings. The quantitative estimate of drug-likeness (QED) is 0.549. The van der Waals surface area contributed by atoms with E-state index in [9.17, 15) is 0 Å². The molecule has 0 rings (SSSR count).